The van der Waals surface area contributed by atoms with Crippen LogP contribution in [-0.4, -0.2) is 26.9 Å². The number of nitrogens with zero attached hydrogens (tertiary/aromatic N) is 2. The fourth-order valence-corrected chi connectivity index (χ4v) is 2.46. The second-order valence-corrected chi connectivity index (χ2v) is 5.71. The lowest BCUT2D eigenvalue weighted by Gasteiger charge is -2.23. The number of carbonyl (C=O) groups is 1. The molecule has 1 amide bonds. The molecule has 0 unspecified atom stereocenters. The Hall–Kier alpha value is -2.57. The van der Waals surface area contributed by atoms with Crippen molar-refractivity contribution in [3.63, 3.8) is 0 Å². The van der Waals surface area contributed by atoms with Crippen LogP contribution in [0, 0.1) is 0 Å². The van der Waals surface area contributed by atoms with E-state index in [-0.39, 0.29) is 18.2 Å². The maximum atomic E-state index is 12.7. The van der Waals surface area contributed by atoms with Crippen molar-refractivity contribution in [3.8, 4) is 5.75 Å². The number of pyridine rings is 1. The first-order chi connectivity index (χ1) is 11.4. The number of carbonyl (C=O) groups excluding carboxylic acids is 1. The molecule has 1 N–H and O–H groups in total. The number of aromatic hydroxyl groups is 1. The number of rotatable bonds is 4. The Labute approximate surface area is 136 Å². The van der Waals surface area contributed by atoms with E-state index in [9.17, 15) is 23.1 Å². The standard InChI is InChI=1S/C17H15F3N2O2/c18-17(19,20)11-4-7-14(15(23)9-11)16(24)22(13-5-6-13)10-12-3-1-2-8-21-12/h1-4,7-9,13,23H,5-6,10H2. The van der Waals surface area contributed by atoms with Crippen LogP contribution < -0.4 is 0 Å². The fourth-order valence-electron chi connectivity index (χ4n) is 2.46. The van der Waals surface area contributed by atoms with E-state index in [1.165, 1.54) is 0 Å². The average Bonchev–Trinajstić information content (AvgIpc) is 3.37. The van der Waals surface area contributed by atoms with Crippen molar-refractivity contribution in [1.82, 2.24) is 9.88 Å². The number of phenols is 1. The summed E-state index contributed by atoms with van der Waals surface area (Å²) in [6.07, 6.45) is -1.29. The molecule has 0 saturated heterocycles. The minimum Gasteiger partial charge on any atom is -0.507 e. The van der Waals surface area contributed by atoms with Gasteiger partial charge in [-0.1, -0.05) is 6.07 Å². The van der Waals surface area contributed by atoms with E-state index in [0.29, 0.717) is 11.8 Å². The summed E-state index contributed by atoms with van der Waals surface area (Å²) in [7, 11) is 0. The Kier molecular flexibility index (Phi) is 4.17. The van der Waals surface area contributed by atoms with Crippen molar-refractivity contribution in [3.05, 3.63) is 59.4 Å². The van der Waals surface area contributed by atoms with E-state index in [2.05, 4.69) is 4.98 Å². The van der Waals surface area contributed by atoms with Gasteiger partial charge in [-0.3, -0.25) is 9.78 Å². The van der Waals surface area contributed by atoms with Crippen LogP contribution in [0.3, 0.4) is 0 Å². The summed E-state index contributed by atoms with van der Waals surface area (Å²) < 4.78 is 38.0. The monoisotopic (exact) mass is 336 g/mol. The lowest BCUT2D eigenvalue weighted by Crippen LogP contribution is -2.33. The number of hydrogen-bond acceptors (Lipinski definition) is 3. The van der Waals surface area contributed by atoms with E-state index in [4.69, 9.17) is 0 Å². The predicted octanol–water partition coefficient (Wildman–Crippen LogP) is 3.61. The Morgan fingerprint density at radius 1 is 1.25 bits per heavy atom. The van der Waals surface area contributed by atoms with Gasteiger partial charge in [0.05, 0.1) is 23.4 Å². The Morgan fingerprint density at radius 2 is 2.00 bits per heavy atom. The van der Waals surface area contributed by atoms with E-state index in [1.54, 1.807) is 29.3 Å². The van der Waals surface area contributed by atoms with Crippen LogP contribution >= 0.6 is 0 Å². The second kappa shape index (κ2) is 6.14. The van der Waals surface area contributed by atoms with Gasteiger partial charge in [-0.15, -0.1) is 0 Å². The molecular formula is C17H15F3N2O2. The zero-order chi connectivity index (χ0) is 17.3. The number of aromatic nitrogens is 1. The molecular weight excluding hydrogens is 321 g/mol. The largest absolute Gasteiger partial charge is 0.507 e. The van der Waals surface area contributed by atoms with Crippen LogP contribution in [0.1, 0.15) is 34.5 Å². The predicted molar refractivity (Wildman–Crippen MR) is 80.2 cm³/mol. The van der Waals surface area contributed by atoms with Gasteiger partial charge in [-0.2, -0.15) is 13.2 Å². The minimum atomic E-state index is -4.57. The molecule has 4 nitrogen and oxygen atoms in total. The quantitative estimate of drug-likeness (QED) is 0.928. The summed E-state index contributed by atoms with van der Waals surface area (Å²) in [5.41, 5.74) is -0.436. The van der Waals surface area contributed by atoms with Gasteiger partial charge in [0.2, 0.25) is 0 Å². The zero-order valence-corrected chi connectivity index (χ0v) is 12.6. The summed E-state index contributed by atoms with van der Waals surface area (Å²) in [6, 6.07) is 7.77. The molecule has 1 saturated carbocycles. The first-order valence-corrected chi connectivity index (χ1v) is 7.47. The molecule has 1 fully saturated rings. The molecule has 1 aromatic heterocycles. The first kappa shape index (κ1) is 16.3. The van der Waals surface area contributed by atoms with Crippen LogP contribution in [-0.2, 0) is 12.7 Å². The molecule has 3 rings (SSSR count). The molecule has 2 aromatic rings. The lowest BCUT2D eigenvalue weighted by atomic mass is 10.1. The lowest BCUT2D eigenvalue weighted by molar-refractivity contribution is -0.137. The molecule has 1 heterocycles. The Bertz CT molecular complexity index is 743. The topological polar surface area (TPSA) is 53.4 Å². The highest BCUT2D eigenvalue weighted by Gasteiger charge is 2.36. The number of halogens is 3. The highest BCUT2D eigenvalue weighted by atomic mass is 19.4. The van der Waals surface area contributed by atoms with Gasteiger partial charge < -0.3 is 10.0 Å². The number of amides is 1. The summed E-state index contributed by atoms with van der Waals surface area (Å²) in [4.78, 5) is 18.4. The van der Waals surface area contributed by atoms with Crippen molar-refractivity contribution >= 4 is 5.91 Å². The number of hydrogen-bond donors (Lipinski definition) is 1. The number of benzene rings is 1. The van der Waals surface area contributed by atoms with Crippen LogP contribution in [0.2, 0.25) is 0 Å². The second-order valence-electron chi connectivity index (χ2n) is 5.71. The van der Waals surface area contributed by atoms with Crippen molar-refractivity contribution in [2.24, 2.45) is 0 Å². The van der Waals surface area contributed by atoms with Crippen molar-refractivity contribution in [2.45, 2.75) is 31.6 Å². The molecule has 0 radical (unpaired) electrons. The maximum Gasteiger partial charge on any atom is 0.416 e. The number of alkyl halides is 3. The van der Waals surface area contributed by atoms with Gasteiger partial charge in [0.1, 0.15) is 5.75 Å². The Balaban J connectivity index is 1.85. The molecule has 24 heavy (non-hydrogen) atoms. The maximum absolute atomic E-state index is 12.7. The summed E-state index contributed by atoms with van der Waals surface area (Å²) >= 11 is 0. The molecule has 126 valence electrons. The van der Waals surface area contributed by atoms with Crippen LogP contribution in [0.5, 0.6) is 5.75 Å². The average molecular weight is 336 g/mol. The summed E-state index contributed by atoms with van der Waals surface area (Å²) in [6.45, 7) is 0.255. The number of phenolic OH excluding ortho intramolecular Hbond substituents is 1. The van der Waals surface area contributed by atoms with E-state index in [1.807, 2.05) is 0 Å². The fraction of sp³-hybridized carbons (Fsp3) is 0.294. The third kappa shape index (κ3) is 3.50. The molecule has 1 aliphatic rings. The molecule has 0 atom stereocenters. The van der Waals surface area contributed by atoms with Gasteiger partial charge in [0.25, 0.3) is 5.91 Å². The summed E-state index contributed by atoms with van der Waals surface area (Å²) in [5, 5.41) is 9.88. The highest BCUT2D eigenvalue weighted by Crippen LogP contribution is 2.35. The third-order valence-electron chi connectivity index (χ3n) is 3.86. The van der Waals surface area contributed by atoms with Crippen LogP contribution in [0.4, 0.5) is 13.2 Å². The summed E-state index contributed by atoms with van der Waals surface area (Å²) in [5.74, 6) is -1.16. The first-order valence-electron chi connectivity index (χ1n) is 7.47. The molecule has 0 spiro atoms. The van der Waals surface area contributed by atoms with Gasteiger partial charge in [0, 0.05) is 12.2 Å². The van der Waals surface area contributed by atoms with Crippen molar-refractivity contribution in [2.75, 3.05) is 0 Å². The molecule has 0 bridgehead atoms. The molecule has 0 aliphatic heterocycles. The molecule has 1 aliphatic carbocycles. The molecule has 7 heteroatoms. The zero-order valence-electron chi connectivity index (χ0n) is 12.6. The Morgan fingerprint density at radius 3 is 2.54 bits per heavy atom. The van der Waals surface area contributed by atoms with Gasteiger partial charge in [-0.25, -0.2) is 0 Å². The third-order valence-corrected chi connectivity index (χ3v) is 3.86. The van der Waals surface area contributed by atoms with Gasteiger partial charge in [-0.05, 0) is 43.2 Å². The van der Waals surface area contributed by atoms with Crippen LogP contribution in [0.15, 0.2) is 42.6 Å². The smallest absolute Gasteiger partial charge is 0.416 e. The van der Waals surface area contributed by atoms with E-state index in [0.717, 1.165) is 25.0 Å². The normalized spacial score (nSPS) is 14.5. The van der Waals surface area contributed by atoms with Crippen molar-refractivity contribution < 1.29 is 23.1 Å². The van der Waals surface area contributed by atoms with E-state index < -0.39 is 23.4 Å². The van der Waals surface area contributed by atoms with Gasteiger partial charge in [0.15, 0.2) is 0 Å². The van der Waals surface area contributed by atoms with Gasteiger partial charge >= 0.3 is 6.18 Å². The van der Waals surface area contributed by atoms with Crippen LogP contribution in [0.25, 0.3) is 0 Å². The van der Waals surface area contributed by atoms with E-state index >= 15 is 0 Å². The highest BCUT2D eigenvalue weighted by molar-refractivity contribution is 5.97. The SMILES string of the molecule is O=C(c1ccc(C(F)(F)F)cc1O)N(Cc1ccccn1)C1CC1. The molecule has 1 aromatic carbocycles. The minimum absolute atomic E-state index is 0.0289. The van der Waals surface area contributed by atoms with Crippen molar-refractivity contribution in [1.29, 1.82) is 0 Å².